The van der Waals surface area contributed by atoms with Crippen molar-refractivity contribution in [1.82, 2.24) is 14.9 Å². The fourth-order valence-corrected chi connectivity index (χ4v) is 5.12. The summed E-state index contributed by atoms with van der Waals surface area (Å²) in [7, 11) is 1.78. The number of fused-ring (bicyclic) bond motifs is 1. The number of carbonyl (C=O) groups excluding carboxylic acids is 1. The molecule has 0 saturated carbocycles. The van der Waals surface area contributed by atoms with Gasteiger partial charge in [-0.05, 0) is 42.0 Å². The van der Waals surface area contributed by atoms with Gasteiger partial charge in [-0.3, -0.25) is 9.59 Å². The van der Waals surface area contributed by atoms with Gasteiger partial charge in [-0.2, -0.15) is 0 Å². The third kappa shape index (κ3) is 4.57. The van der Waals surface area contributed by atoms with Crippen LogP contribution in [0.5, 0.6) is 0 Å². The number of aryl methyl sites for hydroxylation is 1. The first kappa shape index (κ1) is 21.3. The zero-order valence-corrected chi connectivity index (χ0v) is 19.3. The molecule has 0 bridgehead atoms. The highest BCUT2D eigenvalue weighted by Crippen LogP contribution is 2.28. The second-order valence-electron chi connectivity index (χ2n) is 7.42. The Balaban J connectivity index is 1.60. The molecule has 0 aliphatic carbocycles. The molecule has 0 radical (unpaired) electrons. The van der Waals surface area contributed by atoms with E-state index in [0.29, 0.717) is 39.4 Å². The molecule has 0 aliphatic rings. The number of benzene rings is 2. The Bertz CT molecular complexity index is 1280. The van der Waals surface area contributed by atoms with Crippen molar-refractivity contribution in [3.05, 3.63) is 92.3 Å². The maximum Gasteiger partial charge on any atom is 0.264 e. The third-order valence-electron chi connectivity index (χ3n) is 5.18. The number of aromatic amines is 1. The van der Waals surface area contributed by atoms with Crippen LogP contribution < -0.4 is 5.56 Å². The monoisotopic (exact) mass is 449 g/mol. The molecule has 0 fully saturated rings. The molecule has 0 unspecified atom stereocenters. The summed E-state index contributed by atoms with van der Waals surface area (Å²) >= 11 is 2.98. The molecule has 2 aromatic carbocycles. The van der Waals surface area contributed by atoms with Crippen LogP contribution in [0.4, 0.5) is 0 Å². The summed E-state index contributed by atoms with van der Waals surface area (Å²) in [6, 6.07) is 18.1. The van der Waals surface area contributed by atoms with E-state index in [4.69, 9.17) is 0 Å². The van der Waals surface area contributed by atoms with Gasteiger partial charge >= 0.3 is 0 Å². The molecule has 1 amide bonds. The minimum atomic E-state index is -0.195. The number of rotatable bonds is 6. The molecule has 0 aliphatic heterocycles. The number of nitrogens with zero attached hydrogens (tertiary/aromatic N) is 2. The summed E-state index contributed by atoms with van der Waals surface area (Å²) in [5.74, 6) is 0.504. The summed E-state index contributed by atoms with van der Waals surface area (Å²) in [4.78, 5) is 37.5. The quantitative estimate of drug-likeness (QED) is 0.426. The molecule has 0 saturated heterocycles. The van der Waals surface area contributed by atoms with Crippen molar-refractivity contribution >= 4 is 39.2 Å². The second-order valence-corrected chi connectivity index (χ2v) is 9.30. The fraction of sp³-hybridized carbons (Fsp3) is 0.208. The highest BCUT2D eigenvalue weighted by Gasteiger charge is 2.22. The number of amides is 1. The van der Waals surface area contributed by atoms with E-state index in [2.05, 4.69) is 22.1 Å². The molecule has 2 aromatic heterocycles. The zero-order chi connectivity index (χ0) is 22.0. The van der Waals surface area contributed by atoms with E-state index in [1.165, 1.54) is 16.2 Å². The van der Waals surface area contributed by atoms with Crippen molar-refractivity contribution in [2.24, 2.45) is 0 Å². The van der Waals surface area contributed by atoms with Gasteiger partial charge in [0, 0.05) is 24.9 Å². The third-order valence-corrected chi connectivity index (χ3v) is 7.10. The van der Waals surface area contributed by atoms with Gasteiger partial charge in [0.15, 0.2) is 0 Å². The summed E-state index contributed by atoms with van der Waals surface area (Å²) < 4.78 is 0. The van der Waals surface area contributed by atoms with Crippen molar-refractivity contribution in [1.29, 1.82) is 0 Å². The molecule has 1 N–H and O–H groups in total. The molecule has 7 heteroatoms. The Labute approximate surface area is 189 Å². The van der Waals surface area contributed by atoms with Crippen LogP contribution in [-0.4, -0.2) is 34.1 Å². The Hall–Kier alpha value is -2.90. The summed E-state index contributed by atoms with van der Waals surface area (Å²) in [6.45, 7) is 2.32. The lowest BCUT2D eigenvalue weighted by Crippen LogP contribution is -2.26. The molecular weight excluding hydrogens is 426 g/mol. The van der Waals surface area contributed by atoms with E-state index < -0.39 is 0 Å². The van der Waals surface area contributed by atoms with Gasteiger partial charge in [0.1, 0.15) is 10.7 Å². The SMILES string of the molecule is CSc1ccc(CN(C)C(=O)c2sc3nc(Cc4ccccc4)[nH]c(=O)c3c2C)cc1. The first-order chi connectivity index (χ1) is 15.0. The van der Waals surface area contributed by atoms with Crippen LogP contribution in [0.25, 0.3) is 10.2 Å². The molecule has 158 valence electrons. The van der Waals surface area contributed by atoms with Crippen LogP contribution >= 0.6 is 23.1 Å². The molecular formula is C24H23N3O2S2. The predicted molar refractivity (Wildman–Crippen MR) is 128 cm³/mol. The van der Waals surface area contributed by atoms with Crippen LogP contribution in [0.15, 0.2) is 64.3 Å². The molecule has 31 heavy (non-hydrogen) atoms. The average molecular weight is 450 g/mol. The van der Waals surface area contributed by atoms with Gasteiger partial charge in [-0.25, -0.2) is 4.98 Å². The maximum absolute atomic E-state index is 13.1. The largest absolute Gasteiger partial charge is 0.337 e. The standard InChI is InChI=1S/C24H23N3O2S2/c1-15-20-22(28)25-19(13-16-7-5-4-6-8-16)26-23(20)31-21(15)24(29)27(2)14-17-9-11-18(30-3)12-10-17/h4-12H,13-14H2,1-3H3,(H,25,26,28). The summed E-state index contributed by atoms with van der Waals surface area (Å²) in [5.41, 5.74) is 2.63. The number of thiophene rings is 1. The topological polar surface area (TPSA) is 66.1 Å². The van der Waals surface area contributed by atoms with Gasteiger partial charge in [-0.1, -0.05) is 42.5 Å². The van der Waals surface area contributed by atoms with Crippen LogP contribution in [0, 0.1) is 6.92 Å². The smallest absolute Gasteiger partial charge is 0.264 e. The first-order valence-corrected chi connectivity index (χ1v) is 11.9. The lowest BCUT2D eigenvalue weighted by molar-refractivity contribution is 0.0789. The molecule has 0 spiro atoms. The Kier molecular flexibility index (Phi) is 6.25. The van der Waals surface area contributed by atoms with Gasteiger partial charge in [0.05, 0.1) is 10.3 Å². The predicted octanol–water partition coefficient (Wildman–Crippen LogP) is 4.88. The van der Waals surface area contributed by atoms with Crippen molar-refractivity contribution in [3.8, 4) is 0 Å². The molecule has 4 rings (SSSR count). The van der Waals surface area contributed by atoms with Crippen LogP contribution in [0.2, 0.25) is 0 Å². The number of thioether (sulfide) groups is 1. The lowest BCUT2D eigenvalue weighted by atomic mass is 10.1. The van der Waals surface area contributed by atoms with E-state index in [9.17, 15) is 9.59 Å². The highest BCUT2D eigenvalue weighted by atomic mass is 32.2. The van der Waals surface area contributed by atoms with Crippen molar-refractivity contribution < 1.29 is 4.79 Å². The summed E-state index contributed by atoms with van der Waals surface area (Å²) in [6.07, 6.45) is 2.58. The number of hydrogen-bond acceptors (Lipinski definition) is 5. The normalized spacial score (nSPS) is 11.1. The number of carbonyl (C=O) groups is 1. The van der Waals surface area contributed by atoms with E-state index >= 15 is 0 Å². The van der Waals surface area contributed by atoms with Crippen LogP contribution in [0.3, 0.4) is 0 Å². The number of nitrogens with one attached hydrogen (secondary N) is 1. The average Bonchev–Trinajstić information content (AvgIpc) is 3.11. The highest BCUT2D eigenvalue weighted by molar-refractivity contribution is 7.98. The second kappa shape index (κ2) is 9.08. The number of aromatic nitrogens is 2. The minimum absolute atomic E-state index is 0.0987. The van der Waals surface area contributed by atoms with Crippen molar-refractivity contribution in [3.63, 3.8) is 0 Å². The van der Waals surface area contributed by atoms with Crippen LogP contribution in [0.1, 0.15) is 32.2 Å². The van der Waals surface area contributed by atoms with Gasteiger partial charge in [-0.15, -0.1) is 23.1 Å². The fourth-order valence-electron chi connectivity index (χ4n) is 3.52. The van der Waals surface area contributed by atoms with E-state index in [1.807, 2.05) is 55.6 Å². The molecule has 5 nitrogen and oxygen atoms in total. The lowest BCUT2D eigenvalue weighted by Gasteiger charge is -2.17. The van der Waals surface area contributed by atoms with Gasteiger partial charge in [0.25, 0.3) is 11.5 Å². The van der Waals surface area contributed by atoms with E-state index in [-0.39, 0.29) is 11.5 Å². The number of hydrogen-bond donors (Lipinski definition) is 1. The van der Waals surface area contributed by atoms with Crippen LogP contribution in [-0.2, 0) is 13.0 Å². The van der Waals surface area contributed by atoms with E-state index in [0.717, 1.165) is 11.1 Å². The minimum Gasteiger partial charge on any atom is -0.337 e. The Morgan fingerprint density at radius 2 is 1.81 bits per heavy atom. The van der Waals surface area contributed by atoms with Gasteiger partial charge < -0.3 is 9.88 Å². The van der Waals surface area contributed by atoms with Crippen molar-refractivity contribution in [2.75, 3.05) is 13.3 Å². The maximum atomic E-state index is 13.1. The van der Waals surface area contributed by atoms with Gasteiger partial charge in [0.2, 0.25) is 0 Å². The van der Waals surface area contributed by atoms with Crippen molar-refractivity contribution in [2.45, 2.75) is 24.8 Å². The number of H-pyrrole nitrogens is 1. The van der Waals surface area contributed by atoms with E-state index in [1.54, 1.807) is 23.7 Å². The molecule has 2 heterocycles. The first-order valence-electron chi connectivity index (χ1n) is 9.91. The molecule has 0 atom stereocenters. The Morgan fingerprint density at radius 3 is 2.48 bits per heavy atom. The molecule has 4 aromatic rings. The summed E-state index contributed by atoms with van der Waals surface area (Å²) in [5, 5.41) is 0.503. The zero-order valence-electron chi connectivity index (χ0n) is 17.6. The Morgan fingerprint density at radius 1 is 1.10 bits per heavy atom.